The summed E-state index contributed by atoms with van der Waals surface area (Å²) in [6.45, 7) is 0.878. The molecule has 2 aliphatic carbocycles. The van der Waals surface area contributed by atoms with E-state index in [1.165, 1.54) is 32.1 Å². The van der Waals surface area contributed by atoms with Crippen LogP contribution in [-0.2, 0) is 4.79 Å². The van der Waals surface area contributed by atoms with E-state index in [2.05, 4.69) is 0 Å². The zero-order valence-corrected chi connectivity index (χ0v) is 12.1. The van der Waals surface area contributed by atoms with Gasteiger partial charge in [0.2, 0.25) is 5.91 Å². The second-order valence-electron chi connectivity index (χ2n) is 5.99. The zero-order valence-electron chi connectivity index (χ0n) is 11.3. The van der Waals surface area contributed by atoms with E-state index in [-0.39, 0.29) is 5.91 Å². The molecule has 4 heteroatoms. The van der Waals surface area contributed by atoms with Crippen molar-refractivity contribution in [2.75, 3.05) is 13.6 Å². The molecule has 0 bridgehead atoms. The lowest BCUT2D eigenvalue weighted by Gasteiger charge is -2.42. The fourth-order valence-corrected chi connectivity index (χ4v) is 3.59. The van der Waals surface area contributed by atoms with Crippen LogP contribution in [0.25, 0.3) is 0 Å². The molecule has 0 aromatic heterocycles. The molecule has 0 saturated heterocycles. The Hall–Kier alpha value is -0.640. The van der Waals surface area contributed by atoms with E-state index < -0.39 is 5.41 Å². The summed E-state index contributed by atoms with van der Waals surface area (Å²) in [5.74, 6) is 0.836. The highest BCUT2D eigenvalue weighted by Gasteiger charge is 2.48. The van der Waals surface area contributed by atoms with Gasteiger partial charge in [0.15, 0.2) is 0 Å². The lowest BCUT2D eigenvalue weighted by Crippen LogP contribution is -2.54. The molecule has 3 nitrogen and oxygen atoms in total. The van der Waals surface area contributed by atoms with Crippen molar-refractivity contribution in [3.8, 4) is 0 Å². The van der Waals surface area contributed by atoms with Crippen LogP contribution >= 0.6 is 12.2 Å². The second kappa shape index (κ2) is 5.55. The van der Waals surface area contributed by atoms with Crippen LogP contribution in [0.2, 0.25) is 0 Å². The summed E-state index contributed by atoms with van der Waals surface area (Å²) in [4.78, 5) is 14.8. The van der Waals surface area contributed by atoms with Gasteiger partial charge in [-0.1, -0.05) is 37.9 Å². The highest BCUT2D eigenvalue weighted by atomic mass is 32.1. The first-order chi connectivity index (χ1) is 8.56. The predicted octanol–water partition coefficient (Wildman–Crippen LogP) is 2.48. The van der Waals surface area contributed by atoms with Crippen molar-refractivity contribution in [1.82, 2.24) is 4.90 Å². The maximum absolute atomic E-state index is 12.5. The van der Waals surface area contributed by atoms with Crippen molar-refractivity contribution in [3.63, 3.8) is 0 Å². The van der Waals surface area contributed by atoms with E-state index in [1.54, 1.807) is 0 Å². The molecule has 0 radical (unpaired) electrons. The van der Waals surface area contributed by atoms with E-state index in [0.717, 1.165) is 25.8 Å². The number of nitrogens with zero attached hydrogens (tertiary/aromatic N) is 1. The lowest BCUT2D eigenvalue weighted by molar-refractivity contribution is -0.141. The van der Waals surface area contributed by atoms with Crippen molar-refractivity contribution in [2.24, 2.45) is 17.1 Å². The normalized spacial score (nSPS) is 23.2. The van der Waals surface area contributed by atoms with Gasteiger partial charge in [0, 0.05) is 13.6 Å². The van der Waals surface area contributed by atoms with Gasteiger partial charge >= 0.3 is 0 Å². The largest absolute Gasteiger partial charge is 0.392 e. The SMILES string of the molecule is CN(CC1CCCCC1)C(=O)C1(C(N)=S)CCC1. The molecular formula is C14H24N2OS. The third-order valence-corrected chi connectivity index (χ3v) is 5.08. The molecule has 18 heavy (non-hydrogen) atoms. The fourth-order valence-electron chi connectivity index (χ4n) is 3.30. The minimum atomic E-state index is -0.501. The standard InChI is InChI=1S/C14H24N2OS/c1-16(10-11-6-3-2-4-7-11)13(17)14(12(15)18)8-5-9-14/h11H,2-10H2,1H3,(H2,15,18). The van der Waals surface area contributed by atoms with Crippen LogP contribution in [0.3, 0.4) is 0 Å². The smallest absolute Gasteiger partial charge is 0.235 e. The first-order valence-corrected chi connectivity index (χ1v) is 7.52. The molecule has 0 aromatic carbocycles. The van der Waals surface area contributed by atoms with Gasteiger partial charge in [0.25, 0.3) is 0 Å². The third-order valence-electron chi connectivity index (χ3n) is 4.69. The topological polar surface area (TPSA) is 46.3 Å². The summed E-state index contributed by atoms with van der Waals surface area (Å²) in [7, 11) is 1.91. The molecule has 0 spiro atoms. The number of nitrogens with two attached hydrogens (primary N) is 1. The average molecular weight is 268 g/mol. The molecule has 0 heterocycles. The van der Waals surface area contributed by atoms with Crippen LogP contribution in [0.5, 0.6) is 0 Å². The van der Waals surface area contributed by atoms with Gasteiger partial charge in [-0.25, -0.2) is 0 Å². The zero-order chi connectivity index (χ0) is 13.2. The van der Waals surface area contributed by atoms with Crippen molar-refractivity contribution < 1.29 is 4.79 Å². The molecule has 2 rings (SSSR count). The number of hydrogen-bond donors (Lipinski definition) is 1. The Morgan fingerprint density at radius 2 is 1.89 bits per heavy atom. The third kappa shape index (κ3) is 2.53. The minimum absolute atomic E-state index is 0.159. The Labute approximate surface area is 115 Å². The Balaban J connectivity index is 1.93. The monoisotopic (exact) mass is 268 g/mol. The Kier molecular flexibility index (Phi) is 4.25. The van der Waals surface area contributed by atoms with Gasteiger partial charge in [0.1, 0.15) is 0 Å². The van der Waals surface area contributed by atoms with Crippen LogP contribution in [-0.4, -0.2) is 29.4 Å². The highest BCUT2D eigenvalue weighted by molar-refractivity contribution is 7.80. The van der Waals surface area contributed by atoms with E-state index in [4.69, 9.17) is 18.0 Å². The molecule has 0 aromatic rings. The molecule has 0 unspecified atom stereocenters. The molecule has 2 fully saturated rings. The summed E-state index contributed by atoms with van der Waals surface area (Å²) in [6, 6.07) is 0. The second-order valence-corrected chi connectivity index (χ2v) is 6.43. The molecule has 0 atom stereocenters. The summed E-state index contributed by atoms with van der Waals surface area (Å²) >= 11 is 5.11. The molecule has 2 aliphatic rings. The van der Waals surface area contributed by atoms with Crippen LogP contribution in [0.15, 0.2) is 0 Å². The quantitative estimate of drug-likeness (QED) is 0.797. The summed E-state index contributed by atoms with van der Waals surface area (Å²) in [6.07, 6.45) is 9.26. The van der Waals surface area contributed by atoms with Crippen LogP contribution in [0.4, 0.5) is 0 Å². The summed E-state index contributed by atoms with van der Waals surface area (Å²) < 4.78 is 0. The van der Waals surface area contributed by atoms with Crippen molar-refractivity contribution in [3.05, 3.63) is 0 Å². The van der Waals surface area contributed by atoms with Gasteiger partial charge in [-0.05, 0) is 31.6 Å². The van der Waals surface area contributed by atoms with E-state index >= 15 is 0 Å². The number of thiocarbonyl (C=S) groups is 1. The van der Waals surface area contributed by atoms with Gasteiger partial charge < -0.3 is 10.6 Å². The first-order valence-electron chi connectivity index (χ1n) is 7.12. The van der Waals surface area contributed by atoms with Crippen LogP contribution in [0, 0.1) is 11.3 Å². The lowest BCUT2D eigenvalue weighted by atomic mass is 9.67. The number of amides is 1. The molecule has 1 amide bonds. The average Bonchev–Trinajstić information content (AvgIpc) is 2.28. The molecule has 0 aliphatic heterocycles. The van der Waals surface area contributed by atoms with E-state index in [9.17, 15) is 4.79 Å². The first kappa shape index (κ1) is 13.8. The maximum atomic E-state index is 12.5. The number of rotatable bonds is 4. The van der Waals surface area contributed by atoms with Gasteiger partial charge in [0.05, 0.1) is 10.4 Å². The molecule has 2 saturated carbocycles. The molecular weight excluding hydrogens is 244 g/mol. The van der Waals surface area contributed by atoms with Gasteiger partial charge in [-0.15, -0.1) is 0 Å². The number of carbonyl (C=O) groups is 1. The molecule has 2 N–H and O–H groups in total. The van der Waals surface area contributed by atoms with Crippen LogP contribution < -0.4 is 5.73 Å². The van der Waals surface area contributed by atoms with Crippen molar-refractivity contribution in [2.45, 2.75) is 51.4 Å². The number of hydrogen-bond acceptors (Lipinski definition) is 2. The van der Waals surface area contributed by atoms with Crippen molar-refractivity contribution in [1.29, 1.82) is 0 Å². The van der Waals surface area contributed by atoms with Gasteiger partial charge in [-0.3, -0.25) is 4.79 Å². The van der Waals surface area contributed by atoms with E-state index in [0.29, 0.717) is 10.9 Å². The van der Waals surface area contributed by atoms with Gasteiger partial charge in [-0.2, -0.15) is 0 Å². The number of carbonyl (C=O) groups excluding carboxylic acids is 1. The maximum Gasteiger partial charge on any atom is 0.235 e. The predicted molar refractivity (Wildman–Crippen MR) is 77.3 cm³/mol. The summed E-state index contributed by atoms with van der Waals surface area (Å²) in [5, 5.41) is 0. The highest BCUT2D eigenvalue weighted by Crippen LogP contribution is 2.43. The Bertz CT molecular complexity index is 333. The van der Waals surface area contributed by atoms with Crippen molar-refractivity contribution >= 4 is 23.1 Å². The minimum Gasteiger partial charge on any atom is -0.392 e. The summed E-state index contributed by atoms with van der Waals surface area (Å²) in [5.41, 5.74) is 5.29. The fraction of sp³-hybridized carbons (Fsp3) is 0.857. The molecule has 102 valence electrons. The van der Waals surface area contributed by atoms with E-state index in [1.807, 2.05) is 11.9 Å². The Morgan fingerprint density at radius 3 is 2.33 bits per heavy atom. The Morgan fingerprint density at radius 1 is 1.28 bits per heavy atom. The van der Waals surface area contributed by atoms with Crippen LogP contribution in [0.1, 0.15) is 51.4 Å².